The van der Waals surface area contributed by atoms with E-state index in [0.717, 1.165) is 24.3 Å². The Morgan fingerprint density at radius 2 is 1.43 bits per heavy atom. The lowest BCUT2D eigenvalue weighted by Crippen LogP contribution is -2.53. The number of carbonyl (C=O) groups is 1. The van der Waals surface area contributed by atoms with E-state index in [1.54, 1.807) is 0 Å². The molecule has 1 atom stereocenters. The molecule has 0 bridgehead atoms. The van der Waals surface area contributed by atoms with Crippen molar-refractivity contribution in [2.45, 2.75) is 29.8 Å². The minimum atomic E-state index is -6.14. The topological polar surface area (TPSA) is 84.5 Å². The van der Waals surface area contributed by atoms with Crippen molar-refractivity contribution >= 4 is 16.1 Å². The van der Waals surface area contributed by atoms with E-state index in [2.05, 4.69) is 9.50 Å². The van der Waals surface area contributed by atoms with Gasteiger partial charge in [-0.05, 0) is 41.0 Å². The largest absolute Gasteiger partial charge is 0.534 e. The van der Waals surface area contributed by atoms with Crippen molar-refractivity contribution in [3.63, 3.8) is 0 Å². The van der Waals surface area contributed by atoms with Gasteiger partial charge in [0.1, 0.15) is 18.1 Å². The molecule has 0 radical (unpaired) electrons. The first kappa shape index (κ1) is 32.5. The summed E-state index contributed by atoms with van der Waals surface area (Å²) in [6.45, 7) is -1.85. The molecule has 228 valence electrons. The maximum absolute atomic E-state index is 14.2. The highest BCUT2D eigenvalue weighted by atomic mass is 32.2. The number of alkyl halides is 9. The Morgan fingerprint density at radius 3 is 2.00 bits per heavy atom. The SMILES string of the molecule is O=C(NCC(F)(F)F)NC(Cc1cccc(OS(=O)(=O)C(F)(F)F)c1)(c1ccccc1)c1ccc(F)c(C(F)(F)F)c1. The molecule has 1 unspecified atom stereocenters. The molecule has 17 heteroatoms. The van der Waals surface area contributed by atoms with Crippen molar-refractivity contribution in [1.82, 2.24) is 10.6 Å². The molecule has 0 aromatic heterocycles. The molecule has 0 spiro atoms. The number of halogens is 10. The van der Waals surface area contributed by atoms with Crippen molar-refractivity contribution < 1.29 is 61.3 Å². The molecule has 0 aliphatic rings. The van der Waals surface area contributed by atoms with Crippen molar-refractivity contribution in [2.24, 2.45) is 0 Å². The average Bonchev–Trinajstić information content (AvgIpc) is 2.86. The van der Waals surface area contributed by atoms with Crippen LogP contribution in [0.25, 0.3) is 0 Å². The highest BCUT2D eigenvalue weighted by Crippen LogP contribution is 2.39. The van der Waals surface area contributed by atoms with Gasteiger partial charge in [-0.1, -0.05) is 48.5 Å². The summed E-state index contributed by atoms with van der Waals surface area (Å²) in [6.07, 6.45) is -10.8. The molecule has 2 N–H and O–H groups in total. The Labute approximate surface area is 231 Å². The zero-order valence-corrected chi connectivity index (χ0v) is 21.5. The van der Waals surface area contributed by atoms with Crippen molar-refractivity contribution in [1.29, 1.82) is 0 Å². The predicted molar refractivity (Wildman–Crippen MR) is 127 cm³/mol. The van der Waals surface area contributed by atoms with Gasteiger partial charge in [0.15, 0.2) is 0 Å². The second-order valence-electron chi connectivity index (χ2n) is 8.69. The summed E-state index contributed by atoms with van der Waals surface area (Å²) in [5.41, 5.74) is -10.5. The highest BCUT2D eigenvalue weighted by molar-refractivity contribution is 7.88. The predicted octanol–water partition coefficient (Wildman–Crippen LogP) is 6.42. The van der Waals surface area contributed by atoms with Crippen molar-refractivity contribution in [3.8, 4) is 5.75 Å². The average molecular weight is 632 g/mol. The van der Waals surface area contributed by atoms with Crippen LogP contribution in [-0.2, 0) is 28.3 Å². The number of hydrogen-bond donors (Lipinski definition) is 2. The lowest BCUT2D eigenvalue weighted by Gasteiger charge is -2.37. The van der Waals surface area contributed by atoms with Crippen LogP contribution in [0.15, 0.2) is 72.8 Å². The van der Waals surface area contributed by atoms with Crippen LogP contribution in [0.1, 0.15) is 22.3 Å². The van der Waals surface area contributed by atoms with Gasteiger partial charge in [-0.2, -0.15) is 47.9 Å². The summed E-state index contributed by atoms with van der Waals surface area (Å²) in [7, 11) is -6.14. The first-order valence-corrected chi connectivity index (χ1v) is 12.8. The zero-order valence-electron chi connectivity index (χ0n) is 20.7. The van der Waals surface area contributed by atoms with E-state index in [-0.39, 0.29) is 11.1 Å². The van der Waals surface area contributed by atoms with Crippen molar-refractivity contribution in [2.75, 3.05) is 6.54 Å². The van der Waals surface area contributed by atoms with Gasteiger partial charge in [-0.25, -0.2) is 9.18 Å². The number of nitrogens with one attached hydrogen (secondary N) is 2. The van der Waals surface area contributed by atoms with Crippen LogP contribution in [0.2, 0.25) is 0 Å². The molecule has 3 aromatic carbocycles. The number of carbonyl (C=O) groups excluding carboxylic acids is 1. The molecule has 42 heavy (non-hydrogen) atoms. The second-order valence-corrected chi connectivity index (χ2v) is 10.2. The van der Waals surface area contributed by atoms with Crippen LogP contribution in [0.4, 0.5) is 48.7 Å². The van der Waals surface area contributed by atoms with Gasteiger partial charge < -0.3 is 14.8 Å². The normalized spacial score (nSPS) is 14.1. The third kappa shape index (κ3) is 7.83. The second kappa shape index (κ2) is 11.7. The number of urea groups is 1. The van der Waals surface area contributed by atoms with Crippen LogP contribution < -0.4 is 14.8 Å². The van der Waals surface area contributed by atoms with Gasteiger partial charge >= 0.3 is 34.0 Å². The van der Waals surface area contributed by atoms with Gasteiger partial charge in [0, 0.05) is 6.42 Å². The van der Waals surface area contributed by atoms with Crippen LogP contribution in [0, 0.1) is 5.82 Å². The van der Waals surface area contributed by atoms with Crippen LogP contribution in [0.3, 0.4) is 0 Å². The number of hydrogen-bond acceptors (Lipinski definition) is 4. The molecule has 6 nitrogen and oxygen atoms in total. The van der Waals surface area contributed by atoms with Crippen LogP contribution >= 0.6 is 0 Å². The first-order valence-electron chi connectivity index (χ1n) is 11.4. The van der Waals surface area contributed by atoms with E-state index in [1.165, 1.54) is 41.7 Å². The lowest BCUT2D eigenvalue weighted by atomic mass is 9.77. The van der Waals surface area contributed by atoms with Gasteiger partial charge in [0.25, 0.3) is 0 Å². The number of rotatable bonds is 8. The molecule has 0 heterocycles. The van der Waals surface area contributed by atoms with Crippen LogP contribution in [0.5, 0.6) is 5.75 Å². The fourth-order valence-corrected chi connectivity index (χ4v) is 4.35. The van der Waals surface area contributed by atoms with E-state index in [1.807, 2.05) is 0 Å². The Morgan fingerprint density at radius 1 is 0.786 bits per heavy atom. The molecule has 3 rings (SSSR count). The number of benzene rings is 3. The van der Waals surface area contributed by atoms with E-state index < -0.39 is 75.2 Å². The quantitative estimate of drug-likeness (QED) is 0.171. The molecule has 0 aliphatic heterocycles. The maximum Gasteiger partial charge on any atom is 0.534 e. The first-order chi connectivity index (χ1) is 19.2. The lowest BCUT2D eigenvalue weighted by molar-refractivity contribution is -0.140. The van der Waals surface area contributed by atoms with E-state index >= 15 is 0 Å². The molecule has 2 amide bonds. The van der Waals surface area contributed by atoms with E-state index in [9.17, 15) is 57.1 Å². The fourth-order valence-electron chi connectivity index (χ4n) is 3.90. The van der Waals surface area contributed by atoms with Crippen LogP contribution in [-0.4, -0.2) is 32.7 Å². The zero-order chi connectivity index (χ0) is 31.6. The summed E-state index contributed by atoms with van der Waals surface area (Å²) >= 11 is 0. The number of amides is 2. The molecule has 3 aromatic rings. The Kier molecular flexibility index (Phi) is 9.05. The summed E-state index contributed by atoms with van der Waals surface area (Å²) in [5.74, 6) is -2.58. The maximum atomic E-state index is 14.2. The Bertz CT molecular complexity index is 1520. The third-order valence-corrected chi connectivity index (χ3v) is 6.64. The summed E-state index contributed by atoms with van der Waals surface area (Å²) in [5, 5.41) is 3.71. The van der Waals surface area contributed by atoms with E-state index in [0.29, 0.717) is 12.1 Å². The van der Waals surface area contributed by atoms with Gasteiger partial charge in [0.2, 0.25) is 0 Å². The monoisotopic (exact) mass is 632 g/mol. The third-order valence-electron chi connectivity index (χ3n) is 5.66. The van der Waals surface area contributed by atoms with Gasteiger partial charge in [0.05, 0.1) is 11.1 Å². The minimum absolute atomic E-state index is 0.0406. The molecule has 0 saturated heterocycles. The molecule has 0 fully saturated rings. The van der Waals surface area contributed by atoms with Gasteiger partial charge in [-0.3, -0.25) is 0 Å². The summed E-state index contributed by atoms with van der Waals surface area (Å²) < 4.78 is 159. The smallest absolute Gasteiger partial charge is 0.376 e. The fraction of sp³-hybridized carbons (Fsp3) is 0.240. The highest BCUT2D eigenvalue weighted by Gasteiger charge is 2.48. The standard InChI is InChI=1S/C25H18F10N2O4S/c26-20-10-9-17(12-19(20)24(30,31)32)22(16-6-2-1-3-7-16,37-21(38)36-14-23(27,28)29)13-15-5-4-8-18(11-15)41-42(39,40)25(33,34)35/h1-12H,13-14H2,(H2,36,37,38). The summed E-state index contributed by atoms with van der Waals surface area (Å²) in [6, 6.07) is 10.6. The van der Waals surface area contributed by atoms with Crippen molar-refractivity contribution in [3.05, 3.63) is 101 Å². The Balaban J connectivity index is 2.23. The van der Waals surface area contributed by atoms with E-state index in [4.69, 9.17) is 0 Å². The summed E-state index contributed by atoms with van der Waals surface area (Å²) in [4.78, 5) is 12.7. The molecule has 0 saturated carbocycles. The molecular formula is C25H18F10N2O4S. The molecular weight excluding hydrogens is 614 g/mol. The minimum Gasteiger partial charge on any atom is -0.376 e. The Hall–Kier alpha value is -4.02. The van der Waals surface area contributed by atoms with Gasteiger partial charge in [-0.15, -0.1) is 0 Å². The molecule has 0 aliphatic carbocycles.